The highest BCUT2D eigenvalue weighted by Gasteiger charge is 2.21. The summed E-state index contributed by atoms with van der Waals surface area (Å²) < 4.78 is 5.43. The van der Waals surface area contributed by atoms with Crippen LogP contribution in [0.2, 0.25) is 0 Å². The molecule has 2 rings (SSSR count). The summed E-state index contributed by atoms with van der Waals surface area (Å²) >= 11 is 0. The zero-order valence-corrected chi connectivity index (χ0v) is 10.6. The van der Waals surface area contributed by atoms with Crippen molar-refractivity contribution in [2.45, 2.75) is 13.0 Å². The van der Waals surface area contributed by atoms with Crippen molar-refractivity contribution in [2.24, 2.45) is 0 Å². The van der Waals surface area contributed by atoms with Gasteiger partial charge in [-0.1, -0.05) is 37.3 Å². The number of nitrogens with zero attached hydrogens (tertiary/aromatic N) is 1. The molecular formula is C14H22N2O. The molecule has 1 saturated heterocycles. The predicted octanol–water partition coefficient (Wildman–Crippen LogP) is 1.67. The largest absolute Gasteiger partial charge is 0.379 e. The van der Waals surface area contributed by atoms with Crippen LogP contribution in [-0.2, 0) is 4.74 Å². The van der Waals surface area contributed by atoms with Gasteiger partial charge in [-0.2, -0.15) is 0 Å². The summed E-state index contributed by atoms with van der Waals surface area (Å²) in [7, 11) is 0. The molecule has 94 valence electrons. The molecule has 1 fully saturated rings. The molecule has 0 saturated carbocycles. The van der Waals surface area contributed by atoms with Crippen LogP contribution < -0.4 is 5.32 Å². The quantitative estimate of drug-likeness (QED) is 0.838. The Hall–Kier alpha value is -0.900. The molecule has 1 heterocycles. The van der Waals surface area contributed by atoms with Crippen LogP contribution in [0.5, 0.6) is 0 Å². The summed E-state index contributed by atoms with van der Waals surface area (Å²) in [6, 6.07) is 11.2. The fourth-order valence-corrected chi connectivity index (χ4v) is 2.30. The van der Waals surface area contributed by atoms with Crippen molar-refractivity contribution in [3.8, 4) is 0 Å². The van der Waals surface area contributed by atoms with E-state index in [1.807, 2.05) is 0 Å². The summed E-state index contributed by atoms with van der Waals surface area (Å²) in [4.78, 5) is 2.52. The highest BCUT2D eigenvalue weighted by Crippen LogP contribution is 2.20. The molecule has 1 unspecified atom stereocenters. The second-order valence-corrected chi connectivity index (χ2v) is 4.38. The molecule has 1 aliphatic heterocycles. The number of hydrogen-bond acceptors (Lipinski definition) is 3. The van der Waals surface area contributed by atoms with Crippen LogP contribution in [0.25, 0.3) is 0 Å². The molecule has 1 aliphatic rings. The Morgan fingerprint density at radius 3 is 2.59 bits per heavy atom. The first-order chi connectivity index (χ1) is 8.42. The predicted molar refractivity (Wildman–Crippen MR) is 70.1 cm³/mol. The second-order valence-electron chi connectivity index (χ2n) is 4.38. The van der Waals surface area contributed by atoms with Gasteiger partial charge in [-0.3, -0.25) is 4.90 Å². The van der Waals surface area contributed by atoms with Crippen molar-refractivity contribution in [2.75, 3.05) is 39.4 Å². The molecule has 0 bridgehead atoms. The van der Waals surface area contributed by atoms with Crippen LogP contribution in [-0.4, -0.2) is 44.3 Å². The number of ether oxygens (including phenoxy) is 1. The Morgan fingerprint density at radius 2 is 1.94 bits per heavy atom. The van der Waals surface area contributed by atoms with Crippen LogP contribution >= 0.6 is 0 Å². The molecule has 0 radical (unpaired) electrons. The molecule has 0 amide bonds. The minimum Gasteiger partial charge on any atom is -0.379 e. The van der Waals surface area contributed by atoms with Crippen LogP contribution in [0.1, 0.15) is 18.5 Å². The highest BCUT2D eigenvalue weighted by atomic mass is 16.5. The molecule has 17 heavy (non-hydrogen) atoms. The Balaban J connectivity index is 2.06. The van der Waals surface area contributed by atoms with E-state index in [1.165, 1.54) is 5.56 Å². The van der Waals surface area contributed by atoms with Crippen molar-refractivity contribution in [1.29, 1.82) is 0 Å². The van der Waals surface area contributed by atoms with E-state index < -0.39 is 0 Å². The van der Waals surface area contributed by atoms with Gasteiger partial charge in [-0.05, 0) is 12.1 Å². The fraction of sp³-hybridized carbons (Fsp3) is 0.571. The zero-order chi connectivity index (χ0) is 11.9. The van der Waals surface area contributed by atoms with Gasteiger partial charge in [0.25, 0.3) is 0 Å². The molecule has 1 aromatic rings. The van der Waals surface area contributed by atoms with Gasteiger partial charge in [0.2, 0.25) is 0 Å². The SMILES string of the molecule is CCNCC(c1ccccc1)N1CCOCC1. The first-order valence-corrected chi connectivity index (χ1v) is 6.49. The minimum absolute atomic E-state index is 0.472. The van der Waals surface area contributed by atoms with Gasteiger partial charge >= 0.3 is 0 Å². The van der Waals surface area contributed by atoms with Gasteiger partial charge in [0.05, 0.1) is 13.2 Å². The maximum absolute atomic E-state index is 5.43. The maximum atomic E-state index is 5.43. The lowest BCUT2D eigenvalue weighted by atomic mass is 10.0. The summed E-state index contributed by atoms with van der Waals surface area (Å²) in [6.07, 6.45) is 0. The summed E-state index contributed by atoms with van der Waals surface area (Å²) in [5.41, 5.74) is 1.40. The van der Waals surface area contributed by atoms with Crippen molar-refractivity contribution < 1.29 is 4.74 Å². The molecule has 0 aliphatic carbocycles. The molecule has 3 nitrogen and oxygen atoms in total. The summed E-state index contributed by atoms with van der Waals surface area (Å²) in [6.45, 7) is 7.97. The van der Waals surface area contributed by atoms with Crippen LogP contribution in [0.4, 0.5) is 0 Å². The maximum Gasteiger partial charge on any atom is 0.0594 e. The Kier molecular flexibility index (Phi) is 4.98. The molecular weight excluding hydrogens is 212 g/mol. The number of hydrogen-bond donors (Lipinski definition) is 1. The zero-order valence-electron chi connectivity index (χ0n) is 10.6. The van der Waals surface area contributed by atoms with Gasteiger partial charge in [0.15, 0.2) is 0 Å². The lowest BCUT2D eigenvalue weighted by molar-refractivity contribution is 0.0162. The van der Waals surface area contributed by atoms with E-state index >= 15 is 0 Å². The molecule has 3 heteroatoms. The lowest BCUT2D eigenvalue weighted by Gasteiger charge is -2.35. The van der Waals surface area contributed by atoms with E-state index in [4.69, 9.17) is 4.74 Å². The van der Waals surface area contributed by atoms with Crippen molar-refractivity contribution in [3.63, 3.8) is 0 Å². The van der Waals surface area contributed by atoms with E-state index in [1.54, 1.807) is 0 Å². The molecule has 0 aromatic heterocycles. The average Bonchev–Trinajstić information content (AvgIpc) is 2.42. The van der Waals surface area contributed by atoms with E-state index in [0.29, 0.717) is 6.04 Å². The Labute approximate surface area is 104 Å². The van der Waals surface area contributed by atoms with Gasteiger partial charge in [0, 0.05) is 25.7 Å². The number of rotatable bonds is 5. The second kappa shape index (κ2) is 6.74. The van der Waals surface area contributed by atoms with Crippen LogP contribution in [0.15, 0.2) is 30.3 Å². The monoisotopic (exact) mass is 234 g/mol. The standard InChI is InChI=1S/C14H22N2O/c1-2-15-12-14(13-6-4-3-5-7-13)16-8-10-17-11-9-16/h3-7,14-15H,2,8-12H2,1H3. The third-order valence-electron chi connectivity index (χ3n) is 3.26. The fourth-order valence-electron chi connectivity index (χ4n) is 2.30. The molecule has 1 atom stereocenters. The topological polar surface area (TPSA) is 24.5 Å². The Morgan fingerprint density at radius 1 is 1.24 bits per heavy atom. The first kappa shape index (κ1) is 12.6. The van der Waals surface area contributed by atoms with Crippen molar-refractivity contribution in [3.05, 3.63) is 35.9 Å². The summed E-state index contributed by atoms with van der Waals surface area (Å²) in [5, 5.41) is 3.46. The third kappa shape index (κ3) is 3.53. The van der Waals surface area contributed by atoms with Crippen molar-refractivity contribution in [1.82, 2.24) is 10.2 Å². The smallest absolute Gasteiger partial charge is 0.0594 e. The van der Waals surface area contributed by atoms with Crippen molar-refractivity contribution >= 4 is 0 Å². The number of benzene rings is 1. The first-order valence-electron chi connectivity index (χ1n) is 6.49. The van der Waals surface area contributed by atoms with Gasteiger partial charge in [-0.15, -0.1) is 0 Å². The molecule has 1 N–H and O–H groups in total. The number of nitrogens with one attached hydrogen (secondary N) is 1. The van der Waals surface area contributed by atoms with E-state index in [0.717, 1.165) is 39.4 Å². The van der Waals surface area contributed by atoms with E-state index in [2.05, 4.69) is 47.5 Å². The van der Waals surface area contributed by atoms with Gasteiger partial charge in [-0.25, -0.2) is 0 Å². The summed E-state index contributed by atoms with van der Waals surface area (Å²) in [5.74, 6) is 0. The van der Waals surface area contributed by atoms with Crippen LogP contribution in [0.3, 0.4) is 0 Å². The Bertz CT molecular complexity index is 309. The lowest BCUT2D eigenvalue weighted by Crippen LogP contribution is -2.42. The normalized spacial score (nSPS) is 19.1. The molecule has 1 aromatic carbocycles. The average molecular weight is 234 g/mol. The minimum atomic E-state index is 0.472. The van der Waals surface area contributed by atoms with E-state index in [-0.39, 0.29) is 0 Å². The molecule has 0 spiro atoms. The number of likely N-dealkylation sites (N-methyl/N-ethyl adjacent to an activating group) is 1. The van der Waals surface area contributed by atoms with E-state index in [9.17, 15) is 0 Å². The third-order valence-corrected chi connectivity index (χ3v) is 3.26. The van der Waals surface area contributed by atoms with Gasteiger partial charge in [0.1, 0.15) is 0 Å². The van der Waals surface area contributed by atoms with Crippen LogP contribution in [0, 0.1) is 0 Å². The number of morpholine rings is 1. The highest BCUT2D eigenvalue weighted by molar-refractivity contribution is 5.19. The van der Waals surface area contributed by atoms with Gasteiger partial charge < -0.3 is 10.1 Å².